The van der Waals surface area contributed by atoms with Gasteiger partial charge in [0, 0.05) is 6.20 Å². The fourth-order valence-corrected chi connectivity index (χ4v) is 1.73. The number of hydrogen-bond donors (Lipinski definition) is 1. The predicted molar refractivity (Wildman–Crippen MR) is 67.3 cm³/mol. The Bertz CT molecular complexity index is 460. The van der Waals surface area contributed by atoms with Crippen molar-refractivity contribution in [3.8, 4) is 0 Å². The van der Waals surface area contributed by atoms with Crippen LogP contribution in [0.4, 0.5) is 5.82 Å². The van der Waals surface area contributed by atoms with Gasteiger partial charge in [-0.15, -0.1) is 0 Å². The third-order valence-electron chi connectivity index (χ3n) is 2.68. The van der Waals surface area contributed by atoms with Gasteiger partial charge in [0.1, 0.15) is 5.82 Å². The number of hydrogen-bond acceptors (Lipinski definition) is 2. The molecule has 0 fully saturated rings. The van der Waals surface area contributed by atoms with E-state index in [9.17, 15) is 0 Å². The van der Waals surface area contributed by atoms with Crippen molar-refractivity contribution in [2.24, 2.45) is 0 Å². The quantitative estimate of drug-likeness (QED) is 0.849. The number of anilines is 1. The van der Waals surface area contributed by atoms with Crippen LogP contribution in [-0.4, -0.2) is 4.98 Å². The first-order valence-corrected chi connectivity index (χ1v) is 5.56. The lowest BCUT2D eigenvalue weighted by molar-refractivity contribution is 1.11. The lowest BCUT2D eigenvalue weighted by Crippen LogP contribution is -1.93. The molecule has 0 spiro atoms. The maximum atomic E-state index is 5.65. The third kappa shape index (κ3) is 2.60. The standard InChI is InChI=1S/C14H16N2/c1-2-11-3-5-12(6-4-11)9-13-7-8-16-14(15)10-13/h3-8,10H,2,9H2,1H3,(H2,15,16). The molecule has 16 heavy (non-hydrogen) atoms. The van der Waals surface area contributed by atoms with Crippen molar-refractivity contribution in [1.82, 2.24) is 4.98 Å². The molecule has 0 saturated heterocycles. The van der Waals surface area contributed by atoms with Crippen molar-refractivity contribution in [3.63, 3.8) is 0 Å². The van der Waals surface area contributed by atoms with Gasteiger partial charge in [0.15, 0.2) is 0 Å². The highest BCUT2D eigenvalue weighted by molar-refractivity contribution is 5.35. The summed E-state index contributed by atoms with van der Waals surface area (Å²) in [6, 6.07) is 12.6. The summed E-state index contributed by atoms with van der Waals surface area (Å²) in [7, 11) is 0. The molecule has 82 valence electrons. The maximum absolute atomic E-state index is 5.65. The Morgan fingerprint density at radius 2 is 1.69 bits per heavy atom. The van der Waals surface area contributed by atoms with Crippen molar-refractivity contribution in [1.29, 1.82) is 0 Å². The normalized spacial score (nSPS) is 10.3. The molecule has 0 aliphatic carbocycles. The molecule has 0 bridgehead atoms. The molecular weight excluding hydrogens is 196 g/mol. The summed E-state index contributed by atoms with van der Waals surface area (Å²) < 4.78 is 0. The van der Waals surface area contributed by atoms with E-state index in [-0.39, 0.29) is 0 Å². The van der Waals surface area contributed by atoms with Crippen LogP contribution in [0.15, 0.2) is 42.6 Å². The topological polar surface area (TPSA) is 38.9 Å². The molecule has 0 amide bonds. The molecule has 2 nitrogen and oxygen atoms in total. The minimum absolute atomic E-state index is 0.586. The number of rotatable bonds is 3. The predicted octanol–water partition coefficient (Wildman–Crippen LogP) is 2.82. The first-order valence-electron chi connectivity index (χ1n) is 5.56. The number of benzene rings is 1. The molecule has 1 aromatic carbocycles. The fraction of sp³-hybridized carbons (Fsp3) is 0.214. The van der Waals surface area contributed by atoms with E-state index >= 15 is 0 Å². The van der Waals surface area contributed by atoms with E-state index in [1.54, 1.807) is 6.20 Å². The Morgan fingerprint density at radius 3 is 2.31 bits per heavy atom. The van der Waals surface area contributed by atoms with Gasteiger partial charge in [0.2, 0.25) is 0 Å². The van der Waals surface area contributed by atoms with Gasteiger partial charge >= 0.3 is 0 Å². The van der Waals surface area contributed by atoms with Crippen LogP contribution >= 0.6 is 0 Å². The lowest BCUT2D eigenvalue weighted by Gasteiger charge is -2.03. The Hall–Kier alpha value is -1.83. The molecule has 2 rings (SSSR count). The van der Waals surface area contributed by atoms with Gasteiger partial charge in [-0.05, 0) is 41.7 Å². The van der Waals surface area contributed by atoms with Crippen LogP contribution in [0.3, 0.4) is 0 Å². The largest absolute Gasteiger partial charge is 0.384 e. The SMILES string of the molecule is CCc1ccc(Cc2ccnc(N)c2)cc1. The number of aromatic nitrogens is 1. The third-order valence-corrected chi connectivity index (χ3v) is 2.68. The molecule has 2 heteroatoms. The smallest absolute Gasteiger partial charge is 0.123 e. The van der Waals surface area contributed by atoms with Crippen LogP contribution in [0, 0.1) is 0 Å². The van der Waals surface area contributed by atoms with E-state index in [2.05, 4.69) is 36.2 Å². The van der Waals surface area contributed by atoms with Crippen molar-refractivity contribution in [2.75, 3.05) is 5.73 Å². The molecule has 0 aliphatic heterocycles. The van der Waals surface area contributed by atoms with Crippen molar-refractivity contribution in [2.45, 2.75) is 19.8 Å². The Balaban J connectivity index is 2.14. The van der Waals surface area contributed by atoms with Crippen molar-refractivity contribution >= 4 is 5.82 Å². The molecule has 0 radical (unpaired) electrons. The molecule has 2 aromatic rings. The highest BCUT2D eigenvalue weighted by Crippen LogP contribution is 2.12. The van der Waals surface area contributed by atoms with E-state index in [0.29, 0.717) is 5.82 Å². The summed E-state index contributed by atoms with van der Waals surface area (Å²) in [5.74, 6) is 0.586. The first-order chi connectivity index (χ1) is 7.78. The number of aryl methyl sites for hydroxylation is 1. The highest BCUT2D eigenvalue weighted by atomic mass is 14.8. The van der Waals surface area contributed by atoms with Crippen LogP contribution in [0.2, 0.25) is 0 Å². The van der Waals surface area contributed by atoms with E-state index in [4.69, 9.17) is 5.73 Å². The second kappa shape index (κ2) is 4.79. The lowest BCUT2D eigenvalue weighted by atomic mass is 10.0. The molecule has 0 aliphatic rings. The Labute approximate surface area is 96.1 Å². The number of nitrogens with zero attached hydrogens (tertiary/aromatic N) is 1. The van der Waals surface area contributed by atoms with E-state index in [1.165, 1.54) is 16.7 Å². The number of pyridine rings is 1. The van der Waals surface area contributed by atoms with Crippen molar-refractivity contribution in [3.05, 3.63) is 59.3 Å². The number of nitrogens with two attached hydrogens (primary N) is 1. The molecule has 1 aromatic heterocycles. The molecular formula is C14H16N2. The van der Waals surface area contributed by atoms with E-state index in [1.807, 2.05) is 12.1 Å². The van der Waals surface area contributed by atoms with Crippen LogP contribution in [0.25, 0.3) is 0 Å². The summed E-state index contributed by atoms with van der Waals surface area (Å²) in [6.45, 7) is 2.17. The van der Waals surface area contributed by atoms with Crippen LogP contribution in [-0.2, 0) is 12.8 Å². The van der Waals surface area contributed by atoms with Gasteiger partial charge in [0.05, 0.1) is 0 Å². The second-order valence-corrected chi connectivity index (χ2v) is 3.94. The maximum Gasteiger partial charge on any atom is 0.123 e. The van der Waals surface area contributed by atoms with Crippen LogP contribution < -0.4 is 5.73 Å². The Morgan fingerprint density at radius 1 is 1.00 bits per heavy atom. The summed E-state index contributed by atoms with van der Waals surface area (Å²) in [6.07, 6.45) is 3.75. The zero-order valence-electron chi connectivity index (χ0n) is 9.48. The highest BCUT2D eigenvalue weighted by Gasteiger charge is 1.97. The molecule has 1 heterocycles. The summed E-state index contributed by atoms with van der Waals surface area (Å²) in [4.78, 5) is 3.99. The zero-order chi connectivity index (χ0) is 11.4. The van der Waals surface area contributed by atoms with Crippen molar-refractivity contribution < 1.29 is 0 Å². The fourth-order valence-electron chi connectivity index (χ4n) is 1.73. The van der Waals surface area contributed by atoms with E-state index < -0.39 is 0 Å². The van der Waals surface area contributed by atoms with Gasteiger partial charge in [-0.2, -0.15) is 0 Å². The average molecular weight is 212 g/mol. The van der Waals surface area contributed by atoms with Gasteiger partial charge < -0.3 is 5.73 Å². The zero-order valence-corrected chi connectivity index (χ0v) is 9.48. The van der Waals surface area contributed by atoms with Gasteiger partial charge in [0.25, 0.3) is 0 Å². The van der Waals surface area contributed by atoms with Gasteiger partial charge in [-0.1, -0.05) is 31.2 Å². The number of nitrogen functional groups attached to an aromatic ring is 1. The van der Waals surface area contributed by atoms with E-state index in [0.717, 1.165) is 12.8 Å². The minimum atomic E-state index is 0.586. The first kappa shape index (κ1) is 10.7. The van der Waals surface area contributed by atoms with Crippen LogP contribution in [0.1, 0.15) is 23.6 Å². The summed E-state index contributed by atoms with van der Waals surface area (Å²) >= 11 is 0. The van der Waals surface area contributed by atoms with Gasteiger partial charge in [-0.25, -0.2) is 4.98 Å². The molecule has 2 N–H and O–H groups in total. The monoisotopic (exact) mass is 212 g/mol. The summed E-state index contributed by atoms with van der Waals surface area (Å²) in [5, 5.41) is 0. The Kier molecular flexibility index (Phi) is 3.20. The second-order valence-electron chi connectivity index (χ2n) is 3.94. The molecule has 0 unspecified atom stereocenters. The minimum Gasteiger partial charge on any atom is -0.384 e. The summed E-state index contributed by atoms with van der Waals surface area (Å²) in [5.41, 5.74) is 9.53. The average Bonchev–Trinajstić information content (AvgIpc) is 2.30. The molecule has 0 saturated carbocycles. The molecule has 0 atom stereocenters. The van der Waals surface area contributed by atoms with Crippen LogP contribution in [0.5, 0.6) is 0 Å². The van der Waals surface area contributed by atoms with Gasteiger partial charge in [-0.3, -0.25) is 0 Å².